The Morgan fingerprint density at radius 2 is 2.04 bits per heavy atom. The van der Waals surface area contributed by atoms with Gasteiger partial charge in [-0.25, -0.2) is 9.37 Å². The summed E-state index contributed by atoms with van der Waals surface area (Å²) >= 11 is 0. The number of pyridine rings is 1. The van der Waals surface area contributed by atoms with Crippen LogP contribution in [-0.2, 0) is 6.54 Å². The summed E-state index contributed by atoms with van der Waals surface area (Å²) in [5.74, 6) is 0.507. The second-order valence-corrected chi connectivity index (χ2v) is 6.68. The lowest BCUT2D eigenvalue weighted by Gasteiger charge is -2.11. The third-order valence-corrected chi connectivity index (χ3v) is 4.45. The minimum atomic E-state index is -0.159. The van der Waals surface area contributed by atoms with E-state index in [9.17, 15) is 4.39 Å². The Morgan fingerprint density at radius 3 is 2.74 bits per heavy atom. The third-order valence-electron chi connectivity index (χ3n) is 4.45. The number of nitrogens with one attached hydrogen (secondary N) is 1. The summed E-state index contributed by atoms with van der Waals surface area (Å²) in [7, 11) is 3.88. The van der Waals surface area contributed by atoms with Crippen molar-refractivity contribution in [3.05, 3.63) is 53.6 Å². The first-order valence-electron chi connectivity index (χ1n) is 8.02. The lowest BCUT2D eigenvalue weighted by Crippen LogP contribution is -2.11. The molecule has 118 valence electrons. The lowest BCUT2D eigenvalue weighted by atomic mass is 10.0. The maximum Gasteiger partial charge on any atom is 0.137 e. The molecule has 0 unspecified atom stereocenters. The smallest absolute Gasteiger partial charge is 0.137 e. The molecule has 0 atom stereocenters. The third kappa shape index (κ3) is 2.75. The van der Waals surface area contributed by atoms with Crippen LogP contribution in [0.2, 0.25) is 0 Å². The van der Waals surface area contributed by atoms with Crippen LogP contribution in [0.5, 0.6) is 0 Å². The van der Waals surface area contributed by atoms with Gasteiger partial charge in [-0.2, -0.15) is 0 Å². The molecule has 0 amide bonds. The number of H-pyrrole nitrogens is 1. The summed E-state index contributed by atoms with van der Waals surface area (Å²) in [6, 6.07) is 7.60. The Kier molecular flexibility index (Phi) is 3.42. The van der Waals surface area contributed by atoms with Crippen LogP contribution in [-0.4, -0.2) is 29.0 Å². The normalized spacial score (nSPS) is 14.8. The molecule has 1 N–H and O–H groups in total. The first-order chi connectivity index (χ1) is 11.1. The number of benzene rings is 1. The van der Waals surface area contributed by atoms with Crippen molar-refractivity contribution in [3.8, 4) is 11.1 Å². The van der Waals surface area contributed by atoms with Gasteiger partial charge >= 0.3 is 0 Å². The molecular weight excluding hydrogens is 289 g/mol. The topological polar surface area (TPSA) is 31.9 Å². The molecule has 0 aliphatic heterocycles. The van der Waals surface area contributed by atoms with Crippen LogP contribution in [0.3, 0.4) is 0 Å². The Labute approximate surface area is 135 Å². The van der Waals surface area contributed by atoms with Crippen LogP contribution in [0.1, 0.15) is 29.9 Å². The molecule has 3 aromatic rings. The van der Waals surface area contributed by atoms with Gasteiger partial charge in [-0.15, -0.1) is 0 Å². The van der Waals surface area contributed by atoms with Crippen molar-refractivity contribution in [3.63, 3.8) is 0 Å². The zero-order chi connectivity index (χ0) is 16.0. The largest absolute Gasteiger partial charge is 0.346 e. The highest BCUT2D eigenvalue weighted by atomic mass is 19.1. The number of nitrogens with zero attached hydrogens (tertiary/aromatic N) is 2. The predicted molar refractivity (Wildman–Crippen MR) is 90.9 cm³/mol. The highest BCUT2D eigenvalue weighted by Crippen LogP contribution is 2.43. The highest BCUT2D eigenvalue weighted by Gasteiger charge is 2.26. The summed E-state index contributed by atoms with van der Waals surface area (Å²) in [4.78, 5) is 9.71. The van der Waals surface area contributed by atoms with Gasteiger partial charge < -0.3 is 9.88 Å². The summed E-state index contributed by atoms with van der Waals surface area (Å²) in [6.07, 6.45) is 6.39. The first kappa shape index (κ1) is 14.4. The average Bonchev–Trinajstić information content (AvgIpc) is 3.28. The van der Waals surface area contributed by atoms with E-state index in [4.69, 9.17) is 0 Å². The first-order valence-corrected chi connectivity index (χ1v) is 8.02. The molecule has 4 rings (SSSR count). The molecule has 3 nitrogen and oxygen atoms in total. The van der Waals surface area contributed by atoms with E-state index < -0.39 is 0 Å². The highest BCUT2D eigenvalue weighted by molar-refractivity contribution is 5.85. The van der Waals surface area contributed by atoms with Crippen molar-refractivity contribution in [2.24, 2.45) is 0 Å². The molecule has 23 heavy (non-hydrogen) atoms. The van der Waals surface area contributed by atoms with E-state index in [-0.39, 0.29) is 5.82 Å². The zero-order valence-electron chi connectivity index (χ0n) is 13.4. The fraction of sp³-hybridized carbons (Fsp3) is 0.316. The molecule has 1 aliphatic rings. The molecule has 1 saturated carbocycles. The van der Waals surface area contributed by atoms with Crippen molar-refractivity contribution >= 4 is 11.0 Å². The van der Waals surface area contributed by atoms with Gasteiger partial charge in [0.25, 0.3) is 0 Å². The molecule has 1 aromatic carbocycles. The van der Waals surface area contributed by atoms with Crippen LogP contribution < -0.4 is 0 Å². The van der Waals surface area contributed by atoms with Crippen molar-refractivity contribution in [1.29, 1.82) is 0 Å². The number of hydrogen-bond acceptors (Lipinski definition) is 2. The Morgan fingerprint density at radius 1 is 1.22 bits per heavy atom. The van der Waals surface area contributed by atoms with E-state index in [0.29, 0.717) is 18.0 Å². The van der Waals surface area contributed by atoms with E-state index in [2.05, 4.69) is 22.2 Å². The number of hydrogen-bond donors (Lipinski definition) is 1. The quantitative estimate of drug-likeness (QED) is 0.779. The summed E-state index contributed by atoms with van der Waals surface area (Å²) in [5.41, 5.74) is 4.82. The molecule has 0 bridgehead atoms. The molecule has 0 radical (unpaired) electrons. The van der Waals surface area contributed by atoms with Gasteiger partial charge in [-0.05, 0) is 56.1 Å². The summed E-state index contributed by atoms with van der Waals surface area (Å²) < 4.78 is 14.3. The molecule has 1 fully saturated rings. The van der Waals surface area contributed by atoms with Crippen LogP contribution in [0, 0.1) is 5.82 Å². The van der Waals surface area contributed by atoms with E-state index in [0.717, 1.165) is 16.8 Å². The Balaban J connectivity index is 1.73. The Hall–Kier alpha value is -2.20. The van der Waals surface area contributed by atoms with Gasteiger partial charge in [0.1, 0.15) is 11.5 Å². The van der Waals surface area contributed by atoms with E-state index in [1.807, 2.05) is 37.3 Å². The van der Waals surface area contributed by atoms with Crippen LogP contribution in [0.25, 0.3) is 22.2 Å². The average molecular weight is 309 g/mol. The maximum atomic E-state index is 14.3. The summed E-state index contributed by atoms with van der Waals surface area (Å²) in [6.45, 7) is 0.604. The Bertz CT molecular complexity index is 862. The van der Waals surface area contributed by atoms with Gasteiger partial charge in [-0.3, -0.25) is 0 Å². The standard InChI is InChI=1S/C19H20FN3/c1-23(2)11-14-6-5-13(8-18(14)20)15-7-16-17(12-3-4-12)10-22-19(16)21-9-15/h5-10,12H,3-4,11H2,1-2H3,(H,21,22). The van der Waals surface area contributed by atoms with E-state index in [1.54, 1.807) is 6.07 Å². The van der Waals surface area contributed by atoms with Gasteiger partial charge in [0.15, 0.2) is 0 Å². The molecule has 2 heterocycles. The van der Waals surface area contributed by atoms with Gasteiger partial charge in [-0.1, -0.05) is 12.1 Å². The van der Waals surface area contributed by atoms with Gasteiger partial charge in [0, 0.05) is 35.5 Å². The fourth-order valence-electron chi connectivity index (χ4n) is 3.11. The molecule has 2 aromatic heterocycles. The molecular formula is C19H20FN3. The summed E-state index contributed by atoms with van der Waals surface area (Å²) in [5, 5.41) is 1.17. The number of rotatable bonds is 4. The minimum absolute atomic E-state index is 0.159. The second kappa shape index (κ2) is 5.46. The minimum Gasteiger partial charge on any atom is -0.346 e. The maximum absolute atomic E-state index is 14.3. The predicted octanol–water partition coefficient (Wildman–Crippen LogP) is 4.31. The molecule has 1 aliphatic carbocycles. The van der Waals surface area contributed by atoms with Gasteiger partial charge in [0.2, 0.25) is 0 Å². The number of halogens is 1. The van der Waals surface area contributed by atoms with Crippen molar-refractivity contribution in [2.45, 2.75) is 25.3 Å². The number of aromatic amines is 1. The van der Waals surface area contributed by atoms with Crippen LogP contribution in [0.15, 0.2) is 36.7 Å². The molecule has 4 heteroatoms. The van der Waals surface area contributed by atoms with Crippen LogP contribution in [0.4, 0.5) is 4.39 Å². The monoisotopic (exact) mass is 309 g/mol. The second-order valence-electron chi connectivity index (χ2n) is 6.68. The van der Waals surface area contributed by atoms with Gasteiger partial charge in [0.05, 0.1) is 0 Å². The fourth-order valence-corrected chi connectivity index (χ4v) is 3.11. The molecule has 0 saturated heterocycles. The van der Waals surface area contributed by atoms with E-state index in [1.165, 1.54) is 23.8 Å². The van der Waals surface area contributed by atoms with Crippen molar-refractivity contribution < 1.29 is 4.39 Å². The zero-order valence-corrected chi connectivity index (χ0v) is 13.4. The van der Waals surface area contributed by atoms with Crippen LogP contribution >= 0.6 is 0 Å². The molecule has 0 spiro atoms. The number of fused-ring (bicyclic) bond motifs is 1. The van der Waals surface area contributed by atoms with Crippen molar-refractivity contribution in [2.75, 3.05) is 14.1 Å². The number of aromatic nitrogens is 2. The SMILES string of the molecule is CN(C)Cc1ccc(-c2cnc3[nH]cc(C4CC4)c3c2)cc1F. The van der Waals surface area contributed by atoms with E-state index >= 15 is 0 Å². The van der Waals surface area contributed by atoms with Crippen molar-refractivity contribution in [1.82, 2.24) is 14.9 Å². The lowest BCUT2D eigenvalue weighted by molar-refractivity contribution is 0.392.